The van der Waals surface area contributed by atoms with Crippen LogP contribution in [-0.2, 0) is 4.79 Å². The summed E-state index contributed by atoms with van der Waals surface area (Å²) in [6, 6.07) is 0. The van der Waals surface area contributed by atoms with Crippen LogP contribution in [0.5, 0.6) is 0 Å². The van der Waals surface area contributed by atoms with Gasteiger partial charge in [-0.25, -0.2) is 0 Å². The first-order valence-corrected chi connectivity index (χ1v) is 8.92. The zero-order valence-electron chi connectivity index (χ0n) is 14.7. The van der Waals surface area contributed by atoms with Gasteiger partial charge in [0.2, 0.25) is 5.91 Å². The molecule has 0 radical (unpaired) electrons. The average molecular weight is 299 g/mol. The zero-order valence-corrected chi connectivity index (χ0v) is 14.7. The van der Waals surface area contributed by atoms with Crippen LogP contribution in [0.15, 0.2) is 0 Å². The summed E-state index contributed by atoms with van der Waals surface area (Å²) >= 11 is 0. The Morgan fingerprint density at radius 3 is 1.90 bits per heavy atom. The van der Waals surface area contributed by atoms with Gasteiger partial charge in [0.25, 0.3) is 0 Å². The highest BCUT2D eigenvalue weighted by atomic mass is 16.1. The van der Waals surface area contributed by atoms with Gasteiger partial charge in [0, 0.05) is 13.0 Å². The van der Waals surface area contributed by atoms with Gasteiger partial charge in [-0.15, -0.1) is 0 Å². The van der Waals surface area contributed by atoms with Gasteiger partial charge >= 0.3 is 0 Å². The van der Waals surface area contributed by atoms with E-state index in [-0.39, 0.29) is 5.91 Å². The second-order valence-corrected chi connectivity index (χ2v) is 7.38. The van der Waals surface area contributed by atoms with Crippen LogP contribution < -0.4 is 11.1 Å². The summed E-state index contributed by atoms with van der Waals surface area (Å²) in [6.07, 6.45) is 13.2. The Bertz CT molecular complexity index is 246. The smallest absolute Gasteiger partial charge is 0.219 e. The number of unbranched alkanes of at least 4 members (excludes halogenated alkanes) is 7. The minimum absolute atomic E-state index is 0.186. The van der Waals surface area contributed by atoms with E-state index in [9.17, 15) is 4.79 Å². The van der Waals surface area contributed by atoms with Crippen molar-refractivity contribution >= 4 is 5.91 Å². The van der Waals surface area contributed by atoms with E-state index >= 15 is 0 Å². The van der Waals surface area contributed by atoms with Gasteiger partial charge in [-0.2, -0.15) is 0 Å². The Hall–Kier alpha value is -0.570. The first-order valence-electron chi connectivity index (χ1n) is 8.92. The summed E-state index contributed by atoms with van der Waals surface area (Å²) < 4.78 is 0. The highest BCUT2D eigenvalue weighted by molar-refractivity contribution is 5.75. The van der Waals surface area contributed by atoms with E-state index in [0.717, 1.165) is 19.4 Å². The van der Waals surface area contributed by atoms with Gasteiger partial charge in [-0.1, -0.05) is 65.7 Å². The van der Waals surface area contributed by atoms with Gasteiger partial charge in [0.15, 0.2) is 0 Å². The minimum Gasteiger partial charge on any atom is -0.356 e. The summed E-state index contributed by atoms with van der Waals surface area (Å²) in [6.45, 7) is 8.33. The second kappa shape index (κ2) is 13.1. The van der Waals surface area contributed by atoms with Gasteiger partial charge < -0.3 is 11.1 Å². The van der Waals surface area contributed by atoms with Gasteiger partial charge in [-0.05, 0) is 31.2 Å². The zero-order chi connectivity index (χ0) is 16.0. The molecule has 126 valence electrons. The number of hydrogen-bond donors (Lipinski definition) is 2. The van der Waals surface area contributed by atoms with Crippen LogP contribution in [-0.4, -0.2) is 19.0 Å². The van der Waals surface area contributed by atoms with Crippen molar-refractivity contribution in [3.05, 3.63) is 0 Å². The van der Waals surface area contributed by atoms with Gasteiger partial charge in [0.1, 0.15) is 0 Å². The summed E-state index contributed by atoms with van der Waals surface area (Å²) in [5.74, 6) is 0.186. The highest BCUT2D eigenvalue weighted by Gasteiger charge is 2.08. The third kappa shape index (κ3) is 17.4. The molecule has 0 aliphatic rings. The Kier molecular flexibility index (Phi) is 12.8. The van der Waals surface area contributed by atoms with Crippen LogP contribution in [0.3, 0.4) is 0 Å². The Morgan fingerprint density at radius 2 is 1.38 bits per heavy atom. The van der Waals surface area contributed by atoms with Crippen LogP contribution in [0.2, 0.25) is 0 Å². The van der Waals surface area contributed by atoms with E-state index in [0.29, 0.717) is 18.4 Å². The van der Waals surface area contributed by atoms with Crippen LogP contribution in [0.4, 0.5) is 0 Å². The molecule has 0 aromatic carbocycles. The van der Waals surface area contributed by atoms with E-state index in [4.69, 9.17) is 5.73 Å². The molecule has 0 atom stereocenters. The SMILES string of the molecule is CC(C)(C)CCCCCCCCCCC(=O)NCCCN. The maximum absolute atomic E-state index is 11.5. The summed E-state index contributed by atoms with van der Waals surface area (Å²) in [4.78, 5) is 11.5. The van der Waals surface area contributed by atoms with E-state index in [1.54, 1.807) is 0 Å². The third-order valence-corrected chi connectivity index (χ3v) is 3.78. The normalized spacial score (nSPS) is 11.6. The molecule has 0 saturated heterocycles. The van der Waals surface area contributed by atoms with Crippen molar-refractivity contribution in [3.8, 4) is 0 Å². The molecule has 0 saturated carbocycles. The largest absolute Gasteiger partial charge is 0.356 e. The standard InChI is InChI=1S/C18H38N2O/c1-18(2,3)14-11-9-7-5-4-6-8-10-13-17(21)20-16-12-15-19/h4-16,19H2,1-3H3,(H,20,21). The van der Waals surface area contributed by atoms with Crippen LogP contribution in [0.25, 0.3) is 0 Å². The fraction of sp³-hybridized carbons (Fsp3) is 0.944. The van der Waals surface area contributed by atoms with Crippen LogP contribution >= 0.6 is 0 Å². The molecule has 0 aromatic heterocycles. The fourth-order valence-corrected chi connectivity index (χ4v) is 2.42. The Labute approximate surface area is 132 Å². The molecule has 3 heteroatoms. The van der Waals surface area contributed by atoms with Crippen LogP contribution in [0.1, 0.15) is 91.4 Å². The molecule has 0 unspecified atom stereocenters. The maximum Gasteiger partial charge on any atom is 0.219 e. The molecule has 1 amide bonds. The quantitative estimate of drug-likeness (QED) is 0.495. The molecule has 0 aromatic rings. The van der Waals surface area contributed by atoms with Crippen LogP contribution in [0, 0.1) is 5.41 Å². The average Bonchev–Trinajstić information content (AvgIpc) is 2.40. The monoisotopic (exact) mass is 298 g/mol. The maximum atomic E-state index is 11.5. The molecule has 3 N–H and O–H groups in total. The highest BCUT2D eigenvalue weighted by Crippen LogP contribution is 2.22. The van der Waals surface area contributed by atoms with Crippen molar-refractivity contribution in [1.82, 2.24) is 5.32 Å². The van der Waals surface area contributed by atoms with Crippen molar-refractivity contribution in [3.63, 3.8) is 0 Å². The number of nitrogens with one attached hydrogen (secondary N) is 1. The number of rotatable bonds is 13. The van der Waals surface area contributed by atoms with E-state index < -0.39 is 0 Å². The van der Waals surface area contributed by atoms with Crippen molar-refractivity contribution in [2.45, 2.75) is 91.4 Å². The van der Waals surface area contributed by atoms with Gasteiger partial charge in [0.05, 0.1) is 0 Å². The Morgan fingerprint density at radius 1 is 0.857 bits per heavy atom. The summed E-state index contributed by atoms with van der Waals surface area (Å²) in [7, 11) is 0. The first-order chi connectivity index (χ1) is 9.95. The predicted molar refractivity (Wildman–Crippen MR) is 92.3 cm³/mol. The lowest BCUT2D eigenvalue weighted by Crippen LogP contribution is -2.25. The predicted octanol–water partition coefficient (Wildman–Crippen LogP) is 4.40. The number of carbonyl (C=O) groups excluding carboxylic acids is 1. The van der Waals surface area contributed by atoms with Crippen molar-refractivity contribution in [1.29, 1.82) is 0 Å². The number of carbonyl (C=O) groups is 1. The van der Waals surface area contributed by atoms with Gasteiger partial charge in [-0.3, -0.25) is 4.79 Å². The first kappa shape index (κ1) is 20.4. The lowest BCUT2D eigenvalue weighted by molar-refractivity contribution is -0.121. The molecular weight excluding hydrogens is 260 g/mol. The lowest BCUT2D eigenvalue weighted by Gasteiger charge is -2.17. The molecule has 21 heavy (non-hydrogen) atoms. The van der Waals surface area contributed by atoms with Crippen molar-refractivity contribution in [2.24, 2.45) is 11.1 Å². The van der Waals surface area contributed by atoms with E-state index in [2.05, 4.69) is 26.1 Å². The number of hydrogen-bond acceptors (Lipinski definition) is 2. The molecule has 3 nitrogen and oxygen atoms in total. The van der Waals surface area contributed by atoms with Crippen molar-refractivity contribution < 1.29 is 4.79 Å². The molecule has 0 aliphatic heterocycles. The van der Waals surface area contributed by atoms with Crippen molar-refractivity contribution in [2.75, 3.05) is 13.1 Å². The number of amides is 1. The Balaban J connectivity index is 3.17. The van der Waals surface area contributed by atoms with E-state index in [1.807, 2.05) is 0 Å². The third-order valence-electron chi connectivity index (χ3n) is 3.78. The molecule has 0 spiro atoms. The molecular formula is C18H38N2O. The lowest BCUT2D eigenvalue weighted by atomic mass is 9.89. The fourth-order valence-electron chi connectivity index (χ4n) is 2.42. The molecule has 0 rings (SSSR count). The molecule has 0 aliphatic carbocycles. The molecule has 0 heterocycles. The minimum atomic E-state index is 0.186. The summed E-state index contributed by atoms with van der Waals surface area (Å²) in [5.41, 5.74) is 5.87. The summed E-state index contributed by atoms with van der Waals surface area (Å²) in [5, 5.41) is 2.90. The van der Waals surface area contributed by atoms with E-state index in [1.165, 1.54) is 51.4 Å². The second-order valence-electron chi connectivity index (χ2n) is 7.38. The molecule has 0 bridgehead atoms. The molecule has 0 fully saturated rings. The topological polar surface area (TPSA) is 55.1 Å². The number of nitrogens with two attached hydrogens (primary N) is 1.